The monoisotopic (exact) mass is 815 g/mol. The highest BCUT2D eigenvalue weighted by Crippen LogP contribution is 2.58. The number of imide groups is 2. The molecule has 0 saturated carbocycles. The topological polar surface area (TPSA) is 78.0 Å². The van der Waals surface area contributed by atoms with Crippen molar-refractivity contribution in [3.63, 3.8) is 0 Å². The van der Waals surface area contributed by atoms with Gasteiger partial charge in [-0.05, 0) is 93.0 Å². The van der Waals surface area contributed by atoms with E-state index in [9.17, 15) is 19.2 Å². The van der Waals surface area contributed by atoms with Crippen LogP contribution in [0.1, 0.15) is 74.8 Å². The summed E-state index contributed by atoms with van der Waals surface area (Å²) < 4.78 is 91.4. The minimum Gasteiger partial charge on any atom is -0.378 e. The number of amides is 4. The lowest BCUT2D eigenvalue weighted by atomic mass is 9.67. The predicted molar refractivity (Wildman–Crippen MR) is 211 cm³/mol. The predicted octanol–water partition coefficient (Wildman–Crippen LogP) is 9.55. The van der Waals surface area contributed by atoms with E-state index in [1.807, 2.05) is 91.8 Å². The van der Waals surface area contributed by atoms with Gasteiger partial charge >= 0.3 is 12.4 Å². The smallest absolute Gasteiger partial charge is 0.378 e. The highest BCUT2D eigenvalue weighted by molar-refractivity contribution is 6.34. The first kappa shape index (κ1) is 38.5. The third kappa shape index (κ3) is 5.04. The Labute approximate surface area is 339 Å². The maximum absolute atomic E-state index is 15.2. The van der Waals surface area contributed by atoms with Crippen molar-refractivity contribution < 1.29 is 45.5 Å². The van der Waals surface area contributed by atoms with Crippen molar-refractivity contribution in [3.8, 4) is 11.1 Å². The summed E-state index contributed by atoms with van der Waals surface area (Å²) in [6.45, 7) is 0. The lowest BCUT2D eigenvalue weighted by Gasteiger charge is -2.38. The fourth-order valence-corrected chi connectivity index (χ4v) is 9.18. The largest absolute Gasteiger partial charge is 0.411 e. The van der Waals surface area contributed by atoms with Crippen LogP contribution in [0, 0.1) is 0 Å². The molecule has 0 bridgehead atoms. The lowest BCUT2D eigenvalue weighted by molar-refractivity contribution is -0.288. The van der Waals surface area contributed by atoms with Gasteiger partial charge < -0.3 is 4.90 Å². The molecule has 0 atom stereocenters. The van der Waals surface area contributed by atoms with E-state index in [0.717, 1.165) is 63.1 Å². The minimum atomic E-state index is -6.08. The highest BCUT2D eigenvalue weighted by atomic mass is 19.4. The lowest BCUT2D eigenvalue weighted by Crippen LogP contribution is -2.55. The molecule has 9 rings (SSSR count). The average molecular weight is 816 g/mol. The van der Waals surface area contributed by atoms with Crippen molar-refractivity contribution in [3.05, 3.63) is 189 Å². The second kappa shape index (κ2) is 13.0. The Morgan fingerprint density at radius 1 is 0.483 bits per heavy atom. The van der Waals surface area contributed by atoms with Gasteiger partial charge in [0.25, 0.3) is 23.6 Å². The van der Waals surface area contributed by atoms with Crippen LogP contribution < -0.4 is 9.80 Å². The quantitative estimate of drug-likeness (QED) is 0.124. The molecule has 0 N–H and O–H groups in total. The van der Waals surface area contributed by atoms with Crippen LogP contribution in [0.25, 0.3) is 11.1 Å². The van der Waals surface area contributed by atoms with Crippen molar-refractivity contribution >= 4 is 35.0 Å². The molecule has 4 amide bonds. The summed E-state index contributed by atoms with van der Waals surface area (Å²) in [5, 5.41) is 0. The van der Waals surface area contributed by atoms with E-state index in [4.69, 9.17) is 0 Å². The van der Waals surface area contributed by atoms with E-state index in [0.29, 0.717) is 29.2 Å². The number of carbonyl (C=O) groups excluding carboxylic acids is 4. The molecule has 0 spiro atoms. The number of hydrogen-bond acceptors (Lipinski definition) is 5. The fraction of sp³-hybridized carbons (Fsp3) is 0.149. The summed E-state index contributed by atoms with van der Waals surface area (Å²) in [5.41, 5.74) is -3.66. The number of anilines is 2. The maximum atomic E-state index is 15.2. The van der Waals surface area contributed by atoms with Crippen molar-refractivity contribution in [1.29, 1.82) is 0 Å². The molecule has 0 aromatic heterocycles. The van der Waals surface area contributed by atoms with Gasteiger partial charge in [-0.25, -0.2) is 4.90 Å². The number of alkyl halides is 6. The molecule has 2 heterocycles. The van der Waals surface area contributed by atoms with Crippen LogP contribution in [0.3, 0.4) is 0 Å². The number of hydrogen-bond donors (Lipinski definition) is 0. The second-order valence-electron chi connectivity index (χ2n) is 15.2. The van der Waals surface area contributed by atoms with E-state index in [1.165, 1.54) is 12.1 Å². The molecule has 60 heavy (non-hydrogen) atoms. The van der Waals surface area contributed by atoms with Crippen molar-refractivity contribution in [2.75, 3.05) is 30.9 Å². The first-order valence-electron chi connectivity index (χ1n) is 18.7. The summed E-state index contributed by atoms with van der Waals surface area (Å²) in [6, 6.07) is 34.1. The van der Waals surface area contributed by atoms with Crippen LogP contribution in [-0.2, 0) is 10.8 Å². The van der Waals surface area contributed by atoms with E-state index in [-0.39, 0.29) is 11.3 Å². The van der Waals surface area contributed by atoms with Gasteiger partial charge in [0.1, 0.15) is 0 Å². The van der Waals surface area contributed by atoms with Crippen molar-refractivity contribution in [2.45, 2.75) is 23.2 Å². The Morgan fingerprint density at radius 2 is 0.900 bits per heavy atom. The van der Waals surface area contributed by atoms with E-state index in [2.05, 4.69) is 0 Å². The molecule has 6 aromatic rings. The molecular weight excluding hydrogens is 785 g/mol. The molecule has 7 nitrogen and oxygen atoms in total. The molecule has 6 aromatic carbocycles. The molecule has 0 saturated heterocycles. The van der Waals surface area contributed by atoms with Gasteiger partial charge in [0, 0.05) is 26.8 Å². The summed E-state index contributed by atoms with van der Waals surface area (Å²) in [5.74, 6) is -4.01. The van der Waals surface area contributed by atoms with Crippen LogP contribution >= 0.6 is 0 Å². The van der Waals surface area contributed by atoms with Crippen LogP contribution in [0.15, 0.2) is 133 Å². The zero-order valence-electron chi connectivity index (χ0n) is 31.9. The fourth-order valence-electron chi connectivity index (χ4n) is 9.18. The first-order chi connectivity index (χ1) is 28.4. The summed E-state index contributed by atoms with van der Waals surface area (Å²) in [4.78, 5) is 56.4. The number of nitrogens with zero attached hydrogens (tertiary/aromatic N) is 3. The molecule has 13 heteroatoms. The Balaban J connectivity index is 1.15. The first-order valence-corrected chi connectivity index (χ1v) is 18.7. The second-order valence-corrected chi connectivity index (χ2v) is 15.2. The number of benzene rings is 6. The van der Waals surface area contributed by atoms with Crippen molar-refractivity contribution in [2.24, 2.45) is 0 Å². The Hall–Kier alpha value is -7.02. The zero-order chi connectivity index (χ0) is 42.7. The molecule has 2 aliphatic heterocycles. The average Bonchev–Trinajstić information content (AvgIpc) is 3.75. The zero-order valence-corrected chi connectivity index (χ0v) is 31.9. The number of halogens is 6. The van der Waals surface area contributed by atoms with Gasteiger partial charge in [-0.2, -0.15) is 26.3 Å². The van der Waals surface area contributed by atoms with Crippen molar-refractivity contribution in [1.82, 2.24) is 4.90 Å². The van der Waals surface area contributed by atoms with E-state index in [1.54, 1.807) is 12.1 Å². The molecular formula is C47H31F6N3O4. The summed E-state index contributed by atoms with van der Waals surface area (Å²) >= 11 is 0. The molecule has 3 aliphatic rings. The van der Waals surface area contributed by atoms with Gasteiger partial charge in [0.15, 0.2) is 0 Å². The molecule has 0 fully saturated rings. The van der Waals surface area contributed by atoms with Crippen LogP contribution in [0.5, 0.6) is 0 Å². The van der Waals surface area contributed by atoms with Gasteiger partial charge in [0.2, 0.25) is 5.41 Å². The standard InChI is InChI=1S/C47H31F6N3O4/c1-54(2)30-18-12-26(13-19-30)44(38-10-6-4-8-32(38)33-9-5-7-11-39(33)44)27-14-20-31(21-15-27)56-42(59)35-23-17-29(25-37(35)43(56)60)45(46(48,49)50,47(51,52)53)28-16-22-34-36(24-28)41(58)55(3)40(34)57/h4-25H,1-3H3. The van der Waals surface area contributed by atoms with Gasteiger partial charge in [-0.1, -0.05) is 84.9 Å². The number of rotatable bonds is 6. The van der Waals surface area contributed by atoms with E-state index < -0.39 is 74.6 Å². The summed E-state index contributed by atoms with van der Waals surface area (Å²) in [7, 11) is 4.93. The van der Waals surface area contributed by atoms with Gasteiger partial charge in [0.05, 0.1) is 33.4 Å². The number of carbonyl (C=O) groups is 4. The van der Waals surface area contributed by atoms with Crippen LogP contribution in [-0.4, -0.2) is 62.0 Å². The van der Waals surface area contributed by atoms with Crippen LogP contribution in [0.4, 0.5) is 37.7 Å². The Morgan fingerprint density at radius 3 is 1.38 bits per heavy atom. The minimum absolute atomic E-state index is 0.0491. The third-order valence-electron chi connectivity index (χ3n) is 12.0. The molecule has 300 valence electrons. The normalized spacial score (nSPS) is 15.6. The van der Waals surface area contributed by atoms with Gasteiger partial charge in [-0.15, -0.1) is 0 Å². The Bertz CT molecular complexity index is 2770. The Kier molecular flexibility index (Phi) is 8.33. The maximum Gasteiger partial charge on any atom is 0.411 e. The van der Waals surface area contributed by atoms with Gasteiger partial charge in [-0.3, -0.25) is 24.1 Å². The summed E-state index contributed by atoms with van der Waals surface area (Å²) in [6.07, 6.45) is -12.2. The highest BCUT2D eigenvalue weighted by Gasteiger charge is 2.73. The van der Waals surface area contributed by atoms with E-state index >= 15 is 26.3 Å². The SMILES string of the molecule is CN1C(=O)c2ccc(C(c3ccc4c(c3)C(=O)N(c3ccc(C5(c6ccc(N(C)C)cc6)c6ccccc6-c6ccccc65)cc3)C4=O)(C(F)(F)F)C(F)(F)F)cc2C1=O. The molecule has 0 unspecified atom stereocenters. The van der Waals surface area contributed by atoms with Crippen LogP contribution in [0.2, 0.25) is 0 Å². The molecule has 1 aliphatic carbocycles. The number of fused-ring (bicyclic) bond motifs is 5. The molecule has 0 radical (unpaired) electrons. The third-order valence-corrected chi connectivity index (χ3v) is 12.0.